The van der Waals surface area contributed by atoms with Gasteiger partial charge in [-0.1, -0.05) is 23.2 Å². The Kier molecular flexibility index (Phi) is 5.79. The van der Waals surface area contributed by atoms with Gasteiger partial charge in [-0.2, -0.15) is 0 Å². The van der Waals surface area contributed by atoms with Crippen LogP contribution >= 0.6 is 23.2 Å². The fraction of sp³-hybridized carbons (Fsp3) is 0.0476. The molecule has 0 fully saturated rings. The van der Waals surface area contributed by atoms with Crippen molar-refractivity contribution in [3.63, 3.8) is 0 Å². The van der Waals surface area contributed by atoms with Gasteiger partial charge < -0.3 is 10.6 Å². The van der Waals surface area contributed by atoms with Crippen molar-refractivity contribution in [2.24, 2.45) is 0 Å². The van der Waals surface area contributed by atoms with Gasteiger partial charge in [-0.3, -0.25) is 9.59 Å². The van der Waals surface area contributed by atoms with Crippen molar-refractivity contribution >= 4 is 46.4 Å². The molecule has 2 amide bonds. The Labute approximate surface area is 167 Å². The number of amides is 2. The van der Waals surface area contributed by atoms with Crippen molar-refractivity contribution in [2.45, 2.75) is 6.92 Å². The van der Waals surface area contributed by atoms with E-state index < -0.39 is 0 Å². The number of carbonyl (C=O) groups excluding carboxylic acids is 2. The van der Waals surface area contributed by atoms with Gasteiger partial charge in [0.15, 0.2) is 0 Å². The normalized spacial score (nSPS) is 10.3. The third-order valence-electron chi connectivity index (χ3n) is 3.95. The molecule has 0 radical (unpaired) electrons. The van der Waals surface area contributed by atoms with Crippen LogP contribution in [-0.2, 0) is 0 Å². The average Bonchev–Trinajstić information content (AvgIpc) is 2.65. The highest BCUT2D eigenvalue weighted by atomic mass is 35.5. The van der Waals surface area contributed by atoms with E-state index in [9.17, 15) is 9.59 Å². The summed E-state index contributed by atoms with van der Waals surface area (Å²) in [5.74, 6) is -0.461. The summed E-state index contributed by atoms with van der Waals surface area (Å²) in [5, 5.41) is 6.83. The molecular formula is C21H16Cl2N2O2. The summed E-state index contributed by atoms with van der Waals surface area (Å²) in [6.07, 6.45) is 0. The third-order valence-corrected chi connectivity index (χ3v) is 4.45. The quantitative estimate of drug-likeness (QED) is 0.582. The molecule has 6 heteroatoms. The van der Waals surface area contributed by atoms with Crippen LogP contribution in [0, 0.1) is 6.92 Å². The highest BCUT2D eigenvalue weighted by Gasteiger charge is 2.10. The van der Waals surface area contributed by atoms with Gasteiger partial charge in [0.25, 0.3) is 11.8 Å². The van der Waals surface area contributed by atoms with E-state index in [2.05, 4.69) is 10.6 Å². The van der Waals surface area contributed by atoms with Crippen LogP contribution in [0.15, 0.2) is 66.7 Å². The second kappa shape index (κ2) is 8.25. The highest BCUT2D eigenvalue weighted by Crippen LogP contribution is 2.22. The van der Waals surface area contributed by atoms with Crippen molar-refractivity contribution in [2.75, 3.05) is 10.6 Å². The van der Waals surface area contributed by atoms with Gasteiger partial charge in [-0.05, 0) is 79.2 Å². The van der Waals surface area contributed by atoms with Crippen molar-refractivity contribution < 1.29 is 9.59 Å². The zero-order valence-electron chi connectivity index (χ0n) is 14.4. The molecule has 0 aliphatic carbocycles. The number of anilines is 2. The predicted molar refractivity (Wildman–Crippen MR) is 110 cm³/mol. The maximum Gasteiger partial charge on any atom is 0.255 e. The molecule has 0 saturated carbocycles. The van der Waals surface area contributed by atoms with Crippen molar-refractivity contribution in [1.29, 1.82) is 0 Å². The Morgan fingerprint density at radius 2 is 1.19 bits per heavy atom. The molecule has 2 N–H and O–H groups in total. The SMILES string of the molecule is Cc1cc(NC(=O)c2ccc(Cl)cc2)ccc1NC(=O)c1ccc(Cl)cc1. The molecule has 0 unspecified atom stereocenters. The lowest BCUT2D eigenvalue weighted by Crippen LogP contribution is -2.14. The number of aryl methyl sites for hydroxylation is 1. The first-order valence-electron chi connectivity index (χ1n) is 8.17. The van der Waals surface area contributed by atoms with Gasteiger partial charge in [0.05, 0.1) is 0 Å². The summed E-state index contributed by atoms with van der Waals surface area (Å²) >= 11 is 11.7. The summed E-state index contributed by atoms with van der Waals surface area (Å²) in [5.41, 5.74) is 3.15. The number of benzene rings is 3. The van der Waals surface area contributed by atoms with Gasteiger partial charge in [0.2, 0.25) is 0 Å². The molecule has 0 atom stereocenters. The van der Waals surface area contributed by atoms with Gasteiger partial charge in [-0.25, -0.2) is 0 Å². The molecule has 3 aromatic rings. The standard InChI is InChI=1S/C21H16Cl2N2O2/c1-13-12-18(24-20(26)14-2-6-16(22)7-3-14)10-11-19(13)25-21(27)15-4-8-17(23)9-5-15/h2-12H,1H3,(H,24,26)(H,25,27). The van der Waals surface area contributed by atoms with E-state index in [0.29, 0.717) is 32.5 Å². The second-order valence-electron chi connectivity index (χ2n) is 5.95. The Morgan fingerprint density at radius 3 is 1.67 bits per heavy atom. The largest absolute Gasteiger partial charge is 0.322 e. The molecule has 0 aromatic heterocycles. The van der Waals surface area contributed by atoms with E-state index in [1.54, 1.807) is 66.7 Å². The highest BCUT2D eigenvalue weighted by molar-refractivity contribution is 6.31. The molecule has 136 valence electrons. The number of hydrogen-bond donors (Lipinski definition) is 2. The van der Waals surface area contributed by atoms with Gasteiger partial charge in [-0.15, -0.1) is 0 Å². The first kappa shape index (κ1) is 19.0. The minimum atomic E-state index is -0.232. The molecule has 0 saturated heterocycles. The van der Waals surface area contributed by atoms with E-state index in [1.807, 2.05) is 6.92 Å². The Bertz CT molecular complexity index is 984. The Balaban J connectivity index is 1.69. The molecule has 3 aromatic carbocycles. The lowest BCUT2D eigenvalue weighted by atomic mass is 10.1. The van der Waals surface area contributed by atoms with Gasteiger partial charge in [0.1, 0.15) is 0 Å². The minimum Gasteiger partial charge on any atom is -0.322 e. The minimum absolute atomic E-state index is 0.229. The molecule has 0 heterocycles. The lowest BCUT2D eigenvalue weighted by molar-refractivity contribution is 0.101. The summed E-state index contributed by atoms with van der Waals surface area (Å²) in [6.45, 7) is 1.86. The first-order valence-corrected chi connectivity index (χ1v) is 8.92. The molecule has 3 rings (SSSR count). The number of carbonyl (C=O) groups is 2. The van der Waals surface area contributed by atoms with Crippen LogP contribution in [-0.4, -0.2) is 11.8 Å². The Hall–Kier alpha value is -2.82. The fourth-order valence-corrected chi connectivity index (χ4v) is 2.73. The maximum absolute atomic E-state index is 12.3. The number of halogens is 2. The predicted octanol–water partition coefficient (Wildman–Crippen LogP) is 5.81. The monoisotopic (exact) mass is 398 g/mol. The summed E-state index contributed by atoms with van der Waals surface area (Å²) < 4.78 is 0. The zero-order valence-corrected chi connectivity index (χ0v) is 15.9. The number of nitrogens with one attached hydrogen (secondary N) is 2. The topological polar surface area (TPSA) is 58.2 Å². The van der Waals surface area contributed by atoms with Crippen molar-refractivity contribution in [1.82, 2.24) is 0 Å². The molecule has 0 bridgehead atoms. The fourth-order valence-electron chi connectivity index (χ4n) is 2.48. The van der Waals surface area contributed by atoms with E-state index in [-0.39, 0.29) is 11.8 Å². The van der Waals surface area contributed by atoms with E-state index >= 15 is 0 Å². The third kappa shape index (κ3) is 4.88. The molecule has 0 spiro atoms. The van der Waals surface area contributed by atoms with Crippen LogP contribution in [0.1, 0.15) is 26.3 Å². The van der Waals surface area contributed by atoms with Crippen LogP contribution in [0.3, 0.4) is 0 Å². The summed E-state index contributed by atoms with van der Waals surface area (Å²) in [4.78, 5) is 24.6. The Morgan fingerprint density at radius 1 is 0.704 bits per heavy atom. The maximum atomic E-state index is 12.3. The second-order valence-corrected chi connectivity index (χ2v) is 6.82. The van der Waals surface area contributed by atoms with E-state index in [1.165, 1.54) is 0 Å². The molecule has 27 heavy (non-hydrogen) atoms. The van der Waals surface area contributed by atoms with E-state index in [4.69, 9.17) is 23.2 Å². The van der Waals surface area contributed by atoms with E-state index in [0.717, 1.165) is 5.56 Å². The van der Waals surface area contributed by atoms with Crippen LogP contribution in [0.2, 0.25) is 10.0 Å². The van der Waals surface area contributed by atoms with Crippen molar-refractivity contribution in [3.05, 3.63) is 93.5 Å². The van der Waals surface area contributed by atoms with Gasteiger partial charge in [0, 0.05) is 32.5 Å². The van der Waals surface area contributed by atoms with Crippen LogP contribution in [0.5, 0.6) is 0 Å². The number of rotatable bonds is 4. The smallest absolute Gasteiger partial charge is 0.255 e. The molecule has 0 aliphatic rings. The van der Waals surface area contributed by atoms with Crippen molar-refractivity contribution in [3.8, 4) is 0 Å². The van der Waals surface area contributed by atoms with Crippen LogP contribution in [0.4, 0.5) is 11.4 Å². The molecular weight excluding hydrogens is 383 g/mol. The lowest BCUT2D eigenvalue weighted by Gasteiger charge is -2.11. The zero-order chi connectivity index (χ0) is 19.4. The first-order chi connectivity index (χ1) is 12.9. The van der Waals surface area contributed by atoms with Gasteiger partial charge >= 0.3 is 0 Å². The average molecular weight is 399 g/mol. The summed E-state index contributed by atoms with van der Waals surface area (Å²) in [7, 11) is 0. The van der Waals surface area contributed by atoms with Crippen LogP contribution < -0.4 is 10.6 Å². The molecule has 4 nitrogen and oxygen atoms in total. The van der Waals surface area contributed by atoms with Crippen LogP contribution in [0.25, 0.3) is 0 Å². The number of hydrogen-bond acceptors (Lipinski definition) is 2. The summed E-state index contributed by atoms with van der Waals surface area (Å²) in [6, 6.07) is 18.6. The molecule has 0 aliphatic heterocycles.